The lowest BCUT2D eigenvalue weighted by atomic mass is 10.4. The fraction of sp³-hybridized carbons (Fsp3) is 0.667. The number of aliphatic hydroxyl groups is 2. The molecule has 0 amide bonds. The number of ether oxygens (including phenoxy) is 1. The van der Waals surface area contributed by atoms with Crippen LogP contribution in [0.5, 0.6) is 0 Å². The molecule has 0 atom stereocenters. The van der Waals surface area contributed by atoms with Crippen LogP contribution >= 0.6 is 0 Å². The molecule has 0 radical (unpaired) electrons. The number of hydrogen-bond acceptors (Lipinski definition) is 8. The van der Waals surface area contributed by atoms with Crippen LogP contribution < -0.4 is 0 Å². The number of esters is 1. The van der Waals surface area contributed by atoms with Crippen LogP contribution in [-0.2, 0) is 27.2 Å². The van der Waals surface area contributed by atoms with Gasteiger partial charge in [-0.25, -0.2) is 4.79 Å². The number of carbonyl (C=O) groups excluding carboxylic acids is 1. The van der Waals surface area contributed by atoms with Crippen molar-refractivity contribution in [2.45, 2.75) is 19.4 Å². The molecule has 148 valence electrons. The Morgan fingerprint density at radius 3 is 1.80 bits per heavy atom. The van der Waals surface area contributed by atoms with Gasteiger partial charge in [-0.05, 0) is 25.1 Å². The first-order valence-electron chi connectivity index (χ1n) is 7.64. The van der Waals surface area contributed by atoms with Crippen molar-refractivity contribution in [1.82, 2.24) is 0 Å². The normalized spacial score (nSPS) is 11.3. The smallest absolute Gasteiger partial charge is 0.390 e. The average molecular weight is 397 g/mol. The van der Waals surface area contributed by atoms with Crippen LogP contribution in [0.1, 0.15) is 13.3 Å². The fourth-order valence-electron chi connectivity index (χ4n) is 1.57. The van der Waals surface area contributed by atoms with Gasteiger partial charge in [-0.2, -0.15) is 0 Å². The molecule has 0 saturated carbocycles. The van der Waals surface area contributed by atoms with E-state index in [9.17, 15) is 4.79 Å². The molecule has 0 fully saturated rings. The largest absolute Gasteiger partial charge is 0.462 e. The molecule has 10 heteroatoms. The summed E-state index contributed by atoms with van der Waals surface area (Å²) in [6.45, 7) is 8.85. The van der Waals surface area contributed by atoms with Gasteiger partial charge in [0, 0.05) is 34.0 Å². The summed E-state index contributed by atoms with van der Waals surface area (Å²) in [7, 11) is 1.21. The zero-order valence-electron chi connectivity index (χ0n) is 15.9. The van der Waals surface area contributed by atoms with E-state index in [1.54, 1.807) is 12.6 Å². The van der Waals surface area contributed by atoms with Gasteiger partial charge in [0.2, 0.25) is 0 Å². The fourth-order valence-corrected chi connectivity index (χ4v) is 4.13. The number of rotatable bonds is 12. The molecule has 0 saturated heterocycles. The molecule has 8 nitrogen and oxygen atoms in total. The molecule has 25 heavy (non-hydrogen) atoms. The molecule has 0 spiro atoms. The second-order valence-corrected chi connectivity index (χ2v) is 11.7. The van der Waals surface area contributed by atoms with Crippen LogP contribution in [0.4, 0.5) is 0 Å². The molecule has 0 aliphatic carbocycles. The summed E-state index contributed by atoms with van der Waals surface area (Å²) >= 11 is 0. The zero-order valence-corrected chi connectivity index (χ0v) is 17.9. The third-order valence-electron chi connectivity index (χ3n) is 3.49. The van der Waals surface area contributed by atoms with E-state index in [1.165, 1.54) is 28.4 Å². The van der Waals surface area contributed by atoms with Gasteiger partial charge in [-0.1, -0.05) is 6.58 Å². The van der Waals surface area contributed by atoms with Crippen molar-refractivity contribution >= 4 is 23.1 Å². The molecule has 2 N–H and O–H groups in total. The highest BCUT2D eigenvalue weighted by Crippen LogP contribution is 2.13. The van der Waals surface area contributed by atoms with Gasteiger partial charge in [-0.15, -0.1) is 6.58 Å². The zero-order chi connectivity index (χ0) is 19.9. The highest BCUT2D eigenvalue weighted by atomic mass is 28.4. The monoisotopic (exact) mass is 396 g/mol. The highest BCUT2D eigenvalue weighted by Gasteiger charge is 2.34. The van der Waals surface area contributed by atoms with E-state index in [1.807, 2.05) is 0 Å². The molecule has 0 bridgehead atoms. The standard InChI is InChI=1S/C10H20O5Si.C5H12O3Si/c1-9(2)10(12)15-6-5-7-16(8-11,13-3)14-4;1-4-9(5-6,7-2)8-3/h11H,1,5-8H2,2-4H3;4,6H,1,5H2,2-3H3. The molecule has 0 aromatic carbocycles. The molecular weight excluding hydrogens is 364 g/mol. The maximum atomic E-state index is 11.1. The minimum Gasteiger partial charge on any atom is -0.462 e. The van der Waals surface area contributed by atoms with E-state index in [0.29, 0.717) is 18.0 Å². The van der Waals surface area contributed by atoms with Crippen LogP contribution in [0.25, 0.3) is 0 Å². The van der Waals surface area contributed by atoms with Gasteiger partial charge in [0.1, 0.15) is 0 Å². The van der Waals surface area contributed by atoms with E-state index < -0.39 is 23.1 Å². The van der Waals surface area contributed by atoms with Crippen LogP contribution in [0.2, 0.25) is 6.04 Å². The van der Waals surface area contributed by atoms with Crippen molar-refractivity contribution in [2.75, 3.05) is 47.5 Å². The Bertz CT molecular complexity index is 378. The highest BCUT2D eigenvalue weighted by molar-refractivity contribution is 6.72. The minimum atomic E-state index is -2.47. The summed E-state index contributed by atoms with van der Waals surface area (Å²) < 4.78 is 25.2. The predicted octanol–water partition coefficient (Wildman–Crippen LogP) is 0.740. The van der Waals surface area contributed by atoms with Crippen LogP contribution in [0, 0.1) is 0 Å². The van der Waals surface area contributed by atoms with Gasteiger partial charge in [0.25, 0.3) is 0 Å². The lowest BCUT2D eigenvalue weighted by Crippen LogP contribution is -2.44. The Balaban J connectivity index is 0. The molecule has 0 aromatic heterocycles. The number of aliphatic hydroxyl groups excluding tert-OH is 2. The van der Waals surface area contributed by atoms with Crippen LogP contribution in [0.3, 0.4) is 0 Å². The molecule has 0 aliphatic heterocycles. The van der Waals surface area contributed by atoms with Gasteiger partial charge in [0.05, 0.1) is 19.1 Å². The van der Waals surface area contributed by atoms with Crippen LogP contribution in [0.15, 0.2) is 24.4 Å². The summed E-state index contributed by atoms with van der Waals surface area (Å²) in [5.41, 5.74) is 1.93. The first-order valence-corrected chi connectivity index (χ1v) is 12.0. The van der Waals surface area contributed by atoms with E-state index in [-0.39, 0.29) is 19.1 Å². The van der Waals surface area contributed by atoms with Gasteiger partial charge in [-0.3, -0.25) is 0 Å². The number of hydrogen-bond donors (Lipinski definition) is 2. The average Bonchev–Trinajstić information content (AvgIpc) is 2.65. The molecule has 0 rings (SSSR count). The Morgan fingerprint density at radius 1 is 1.04 bits per heavy atom. The SMILES string of the molecule is C=C(C)C(=O)OCCC[Si](CO)(OC)OC.C=C[Si](CO)(OC)OC. The third kappa shape index (κ3) is 10.0. The molecule has 0 aromatic rings. The van der Waals surface area contributed by atoms with Gasteiger partial charge >= 0.3 is 23.1 Å². The molecule has 0 unspecified atom stereocenters. The number of carbonyl (C=O) groups is 1. The maximum absolute atomic E-state index is 11.1. The van der Waals surface area contributed by atoms with Crippen molar-refractivity contribution in [1.29, 1.82) is 0 Å². The first kappa shape index (κ1) is 26.4. The van der Waals surface area contributed by atoms with E-state index in [0.717, 1.165) is 0 Å². The summed E-state index contributed by atoms with van der Waals surface area (Å²) in [5, 5.41) is 17.9. The second kappa shape index (κ2) is 14.3. The maximum Gasteiger partial charge on any atom is 0.390 e. The molecular formula is C15H32O8Si2. The van der Waals surface area contributed by atoms with Crippen LogP contribution in [-0.4, -0.2) is 80.8 Å². The lowest BCUT2D eigenvalue weighted by molar-refractivity contribution is -0.138. The quantitative estimate of drug-likeness (QED) is 0.215. The van der Waals surface area contributed by atoms with E-state index >= 15 is 0 Å². The Labute approximate surface area is 152 Å². The summed E-state index contributed by atoms with van der Waals surface area (Å²) in [6, 6.07) is 0.583. The van der Waals surface area contributed by atoms with Crippen molar-refractivity contribution in [3.05, 3.63) is 24.4 Å². The molecule has 0 aliphatic rings. The summed E-state index contributed by atoms with van der Waals surface area (Å²) in [6.07, 6.45) is 0.422. The van der Waals surface area contributed by atoms with Crippen molar-refractivity contribution in [3.63, 3.8) is 0 Å². The summed E-state index contributed by atoms with van der Waals surface area (Å²) in [5.74, 6) is -0.397. The second-order valence-electron chi connectivity index (χ2n) is 5.08. The van der Waals surface area contributed by atoms with E-state index in [4.69, 9.17) is 32.7 Å². The minimum absolute atomic E-state index is 0.0799. The lowest BCUT2D eigenvalue weighted by Gasteiger charge is -2.24. The summed E-state index contributed by atoms with van der Waals surface area (Å²) in [4.78, 5) is 11.1. The molecule has 0 heterocycles. The van der Waals surface area contributed by atoms with Gasteiger partial charge in [0.15, 0.2) is 0 Å². The first-order chi connectivity index (χ1) is 11.8. The Kier molecular flexibility index (Phi) is 15.1. The topological polar surface area (TPSA) is 104 Å². The predicted molar refractivity (Wildman–Crippen MR) is 99.1 cm³/mol. The van der Waals surface area contributed by atoms with Crippen molar-refractivity contribution in [3.8, 4) is 0 Å². The van der Waals surface area contributed by atoms with Crippen molar-refractivity contribution in [2.24, 2.45) is 0 Å². The van der Waals surface area contributed by atoms with Crippen molar-refractivity contribution < 1.29 is 37.4 Å². The van der Waals surface area contributed by atoms with Gasteiger partial charge < -0.3 is 32.7 Å². The van der Waals surface area contributed by atoms with E-state index in [2.05, 4.69) is 13.2 Å². The third-order valence-corrected chi connectivity index (χ3v) is 9.02. The Morgan fingerprint density at radius 2 is 1.56 bits per heavy atom. The Hall–Kier alpha value is -0.856.